The first-order valence-corrected chi connectivity index (χ1v) is 6.57. The van der Waals surface area contributed by atoms with Gasteiger partial charge in [0.2, 0.25) is 0 Å². The number of ether oxygens (including phenoxy) is 1. The van der Waals surface area contributed by atoms with Gasteiger partial charge < -0.3 is 4.74 Å². The van der Waals surface area contributed by atoms with Crippen molar-refractivity contribution in [3.63, 3.8) is 0 Å². The Morgan fingerprint density at radius 1 is 1.53 bits per heavy atom. The second kappa shape index (κ2) is 3.84. The van der Waals surface area contributed by atoms with Gasteiger partial charge in [0, 0.05) is 6.61 Å². The molecule has 0 bridgehead atoms. The maximum atomic E-state index is 5.66. The molecular formula is C9H10BrN3OS. The first kappa shape index (κ1) is 9.74. The minimum absolute atomic E-state index is 0.110. The van der Waals surface area contributed by atoms with Gasteiger partial charge in [-0.3, -0.25) is 0 Å². The fourth-order valence-electron chi connectivity index (χ4n) is 1.79. The fraction of sp³-hybridized carbons (Fsp3) is 0.556. The first-order valence-electron chi connectivity index (χ1n) is 4.96. The van der Waals surface area contributed by atoms with E-state index >= 15 is 0 Å². The molecule has 1 aliphatic rings. The Labute approximate surface area is 99.4 Å². The lowest BCUT2D eigenvalue weighted by Crippen LogP contribution is -2.18. The van der Waals surface area contributed by atoms with E-state index < -0.39 is 0 Å². The molecular weight excluding hydrogens is 278 g/mol. The van der Waals surface area contributed by atoms with Crippen LogP contribution in [0.1, 0.15) is 25.5 Å². The largest absolute Gasteiger partial charge is 0.357 e. The first-order chi connectivity index (χ1) is 7.33. The van der Waals surface area contributed by atoms with E-state index in [2.05, 4.69) is 26.0 Å². The molecule has 1 atom stereocenters. The van der Waals surface area contributed by atoms with Crippen LogP contribution >= 0.6 is 27.3 Å². The van der Waals surface area contributed by atoms with Crippen LogP contribution in [0.2, 0.25) is 0 Å². The Hall–Kier alpha value is -0.460. The zero-order chi connectivity index (χ0) is 10.3. The summed E-state index contributed by atoms with van der Waals surface area (Å²) in [6, 6.07) is 0. The average Bonchev–Trinajstić information content (AvgIpc) is 2.76. The zero-order valence-corrected chi connectivity index (χ0v) is 10.4. The molecule has 6 heteroatoms. The third-order valence-corrected chi connectivity index (χ3v) is 3.93. The minimum atomic E-state index is 0.110. The monoisotopic (exact) mass is 287 g/mol. The molecule has 3 heterocycles. The summed E-state index contributed by atoms with van der Waals surface area (Å²) in [4.78, 5) is 5.29. The van der Waals surface area contributed by atoms with Crippen LogP contribution in [0.4, 0.5) is 0 Å². The quantitative estimate of drug-likeness (QED) is 0.810. The van der Waals surface area contributed by atoms with Crippen LogP contribution < -0.4 is 0 Å². The van der Waals surface area contributed by atoms with Gasteiger partial charge in [-0.15, -0.1) is 0 Å². The van der Waals surface area contributed by atoms with E-state index in [-0.39, 0.29) is 6.23 Å². The van der Waals surface area contributed by atoms with Gasteiger partial charge in [0.05, 0.1) is 6.20 Å². The molecule has 0 amide bonds. The summed E-state index contributed by atoms with van der Waals surface area (Å²) in [5.74, 6) is 0. The van der Waals surface area contributed by atoms with Crippen LogP contribution in [0.5, 0.6) is 0 Å². The SMILES string of the molecule is Brc1nc2cn(C3CCCCO3)nc2s1. The highest BCUT2D eigenvalue weighted by Gasteiger charge is 2.18. The number of rotatable bonds is 1. The van der Waals surface area contributed by atoms with Gasteiger partial charge in [0.25, 0.3) is 0 Å². The second-order valence-corrected chi connectivity index (χ2v) is 5.84. The van der Waals surface area contributed by atoms with E-state index in [4.69, 9.17) is 4.74 Å². The molecule has 1 saturated heterocycles. The maximum absolute atomic E-state index is 5.66. The third-order valence-electron chi connectivity index (χ3n) is 2.52. The van der Waals surface area contributed by atoms with Gasteiger partial charge in [-0.05, 0) is 35.2 Å². The molecule has 0 radical (unpaired) electrons. The predicted octanol–water partition coefficient (Wildman–Crippen LogP) is 2.95. The molecule has 3 rings (SSSR count). The molecule has 15 heavy (non-hydrogen) atoms. The second-order valence-electron chi connectivity index (χ2n) is 3.59. The number of hydrogen-bond donors (Lipinski definition) is 0. The van der Waals surface area contributed by atoms with Gasteiger partial charge in [0.1, 0.15) is 11.7 Å². The number of nitrogens with zero attached hydrogens (tertiary/aromatic N) is 3. The standard InChI is InChI=1S/C9H10BrN3OS/c10-9-11-6-5-13(12-8(6)15-9)7-3-1-2-4-14-7/h5,7H,1-4H2. The van der Waals surface area contributed by atoms with Crippen molar-refractivity contribution in [2.45, 2.75) is 25.5 Å². The molecule has 1 aliphatic heterocycles. The van der Waals surface area contributed by atoms with E-state index in [1.54, 1.807) is 11.3 Å². The predicted molar refractivity (Wildman–Crippen MR) is 61.9 cm³/mol. The van der Waals surface area contributed by atoms with Crippen LogP contribution in [-0.4, -0.2) is 21.4 Å². The van der Waals surface area contributed by atoms with Gasteiger partial charge in [-0.2, -0.15) is 5.10 Å². The number of halogens is 1. The van der Waals surface area contributed by atoms with Gasteiger partial charge >= 0.3 is 0 Å². The smallest absolute Gasteiger partial charge is 0.166 e. The van der Waals surface area contributed by atoms with Crippen molar-refractivity contribution >= 4 is 37.6 Å². The molecule has 0 N–H and O–H groups in total. The van der Waals surface area contributed by atoms with Crippen molar-refractivity contribution in [3.8, 4) is 0 Å². The molecule has 1 fully saturated rings. The number of fused-ring (bicyclic) bond motifs is 1. The molecule has 2 aromatic heterocycles. The fourth-order valence-corrected chi connectivity index (χ4v) is 3.08. The van der Waals surface area contributed by atoms with Crippen LogP contribution in [0.15, 0.2) is 10.1 Å². The molecule has 0 aliphatic carbocycles. The van der Waals surface area contributed by atoms with Crippen molar-refractivity contribution in [2.75, 3.05) is 6.61 Å². The summed E-state index contributed by atoms with van der Waals surface area (Å²) >= 11 is 4.91. The zero-order valence-electron chi connectivity index (χ0n) is 8.02. The molecule has 4 nitrogen and oxygen atoms in total. The highest BCUT2D eigenvalue weighted by Crippen LogP contribution is 2.28. The summed E-state index contributed by atoms with van der Waals surface area (Å²) in [6.45, 7) is 0.843. The molecule has 80 valence electrons. The summed E-state index contributed by atoms with van der Waals surface area (Å²) in [6.07, 6.45) is 5.51. The Bertz CT molecular complexity index is 443. The van der Waals surface area contributed by atoms with Gasteiger partial charge in [-0.25, -0.2) is 9.67 Å². The van der Waals surface area contributed by atoms with E-state index in [0.717, 1.165) is 33.7 Å². The van der Waals surface area contributed by atoms with Crippen LogP contribution in [0.3, 0.4) is 0 Å². The number of hydrogen-bond acceptors (Lipinski definition) is 4. The average molecular weight is 288 g/mol. The van der Waals surface area contributed by atoms with Crippen molar-refractivity contribution < 1.29 is 4.74 Å². The lowest BCUT2D eigenvalue weighted by atomic mass is 10.2. The van der Waals surface area contributed by atoms with Crippen LogP contribution in [0, 0.1) is 0 Å². The van der Waals surface area contributed by atoms with Crippen LogP contribution in [-0.2, 0) is 4.74 Å². The lowest BCUT2D eigenvalue weighted by molar-refractivity contribution is -0.0390. The van der Waals surface area contributed by atoms with E-state index in [1.807, 2.05) is 10.9 Å². The molecule has 0 saturated carbocycles. The minimum Gasteiger partial charge on any atom is -0.357 e. The van der Waals surface area contributed by atoms with E-state index in [1.165, 1.54) is 6.42 Å². The summed E-state index contributed by atoms with van der Waals surface area (Å²) in [5.41, 5.74) is 0.945. The summed E-state index contributed by atoms with van der Waals surface area (Å²) < 4.78 is 8.45. The Morgan fingerprint density at radius 2 is 2.47 bits per heavy atom. The van der Waals surface area contributed by atoms with Gasteiger partial charge in [-0.1, -0.05) is 11.3 Å². The summed E-state index contributed by atoms with van der Waals surface area (Å²) in [7, 11) is 0. The van der Waals surface area contributed by atoms with E-state index in [9.17, 15) is 0 Å². The Balaban J connectivity index is 1.93. The molecule has 0 aromatic carbocycles. The molecule has 0 spiro atoms. The van der Waals surface area contributed by atoms with E-state index in [0.29, 0.717) is 0 Å². The van der Waals surface area contributed by atoms with Crippen LogP contribution in [0.25, 0.3) is 10.3 Å². The van der Waals surface area contributed by atoms with Gasteiger partial charge in [0.15, 0.2) is 8.75 Å². The normalized spacial score (nSPS) is 22.3. The van der Waals surface area contributed by atoms with Crippen molar-refractivity contribution in [1.82, 2.24) is 14.8 Å². The highest BCUT2D eigenvalue weighted by atomic mass is 79.9. The highest BCUT2D eigenvalue weighted by molar-refractivity contribution is 9.11. The Morgan fingerprint density at radius 3 is 3.20 bits per heavy atom. The number of aromatic nitrogens is 3. The van der Waals surface area contributed by atoms with Crippen molar-refractivity contribution in [2.24, 2.45) is 0 Å². The maximum Gasteiger partial charge on any atom is 0.166 e. The Kier molecular flexibility index (Phi) is 2.50. The molecule has 1 unspecified atom stereocenters. The van der Waals surface area contributed by atoms with Crippen molar-refractivity contribution in [3.05, 3.63) is 10.1 Å². The van der Waals surface area contributed by atoms with Crippen molar-refractivity contribution in [1.29, 1.82) is 0 Å². The molecule has 2 aromatic rings. The summed E-state index contributed by atoms with van der Waals surface area (Å²) in [5, 5.41) is 4.47. The lowest BCUT2D eigenvalue weighted by Gasteiger charge is -2.22. The topological polar surface area (TPSA) is 39.9 Å². The third kappa shape index (κ3) is 1.81. The number of thiazole rings is 1.